The lowest BCUT2D eigenvalue weighted by Gasteiger charge is -2.21. The van der Waals surface area contributed by atoms with Crippen LogP contribution in [0.2, 0.25) is 0 Å². The Bertz CT molecular complexity index is 388. The Kier molecular flexibility index (Phi) is 7.72. The van der Waals surface area contributed by atoms with Crippen LogP contribution in [0.15, 0.2) is 30.3 Å². The number of phenolic OH excluding ortho intramolecular Hbond substituents is 1. The Labute approximate surface area is 117 Å². The zero-order chi connectivity index (χ0) is 12.8. The molecule has 0 bridgehead atoms. The Hall–Kier alpha value is -0.990. The summed E-state index contributed by atoms with van der Waals surface area (Å²) in [4.78, 5) is 2.17. The van der Waals surface area contributed by atoms with Crippen molar-refractivity contribution in [3.63, 3.8) is 0 Å². The lowest BCUT2D eigenvalue weighted by molar-refractivity contribution is 0.375. The molecule has 1 atom stereocenters. The maximum absolute atomic E-state index is 9.94. The highest BCUT2D eigenvalue weighted by Gasteiger charge is 2.14. The third-order valence-electron chi connectivity index (χ3n) is 2.81. The van der Waals surface area contributed by atoms with Gasteiger partial charge in [-0.25, -0.2) is 0 Å². The van der Waals surface area contributed by atoms with Gasteiger partial charge in [-0.15, -0.1) is 12.4 Å². The van der Waals surface area contributed by atoms with E-state index >= 15 is 0 Å². The number of aromatic hydroxyl groups is 1. The molecule has 1 N–H and O–H groups in total. The standard InChI is InChI=1S/C15H23NO.ClH/c1-5-8-13(12(2)11-16(3)4)14-9-6-7-10-15(14)17;/h6-10,12,17H,5,11H2,1-4H3;1H. The first-order valence-electron chi connectivity index (χ1n) is 6.19. The largest absolute Gasteiger partial charge is 0.507 e. The van der Waals surface area contributed by atoms with Gasteiger partial charge < -0.3 is 10.0 Å². The maximum atomic E-state index is 9.94. The van der Waals surface area contributed by atoms with Crippen LogP contribution in [-0.4, -0.2) is 30.6 Å². The van der Waals surface area contributed by atoms with Gasteiger partial charge in [-0.2, -0.15) is 0 Å². The molecule has 0 spiro atoms. The molecule has 1 unspecified atom stereocenters. The molecule has 0 saturated carbocycles. The topological polar surface area (TPSA) is 23.5 Å². The fourth-order valence-electron chi connectivity index (χ4n) is 2.16. The molecular weight excluding hydrogens is 246 g/mol. The predicted molar refractivity (Wildman–Crippen MR) is 81.3 cm³/mol. The van der Waals surface area contributed by atoms with Crippen LogP contribution in [0, 0.1) is 5.92 Å². The van der Waals surface area contributed by atoms with Crippen LogP contribution in [-0.2, 0) is 0 Å². The van der Waals surface area contributed by atoms with E-state index in [9.17, 15) is 5.11 Å². The summed E-state index contributed by atoms with van der Waals surface area (Å²) in [6.07, 6.45) is 3.20. The quantitative estimate of drug-likeness (QED) is 0.879. The minimum atomic E-state index is 0. The van der Waals surface area contributed by atoms with E-state index in [1.54, 1.807) is 6.07 Å². The molecule has 0 radical (unpaired) electrons. The second-order valence-electron chi connectivity index (χ2n) is 4.75. The number of phenols is 1. The number of nitrogens with zero attached hydrogens (tertiary/aromatic N) is 1. The summed E-state index contributed by atoms with van der Waals surface area (Å²) < 4.78 is 0. The monoisotopic (exact) mass is 269 g/mol. The summed E-state index contributed by atoms with van der Waals surface area (Å²) in [5, 5.41) is 9.94. The summed E-state index contributed by atoms with van der Waals surface area (Å²) in [5.41, 5.74) is 2.20. The van der Waals surface area contributed by atoms with Gasteiger partial charge in [0.2, 0.25) is 0 Å². The predicted octanol–water partition coefficient (Wildman–Crippen LogP) is 3.81. The molecule has 1 aromatic rings. The van der Waals surface area contributed by atoms with Crippen molar-refractivity contribution in [1.82, 2.24) is 4.90 Å². The molecule has 0 aliphatic rings. The van der Waals surface area contributed by atoms with Crippen molar-refractivity contribution in [2.75, 3.05) is 20.6 Å². The molecule has 0 saturated heterocycles. The highest BCUT2D eigenvalue weighted by molar-refractivity contribution is 5.85. The fourth-order valence-corrected chi connectivity index (χ4v) is 2.16. The Balaban J connectivity index is 0.00000289. The number of para-hydroxylation sites is 1. The molecule has 0 amide bonds. The minimum Gasteiger partial charge on any atom is -0.507 e. The van der Waals surface area contributed by atoms with Crippen LogP contribution in [0.3, 0.4) is 0 Å². The molecule has 1 aromatic carbocycles. The molecule has 3 heteroatoms. The summed E-state index contributed by atoms with van der Waals surface area (Å²) in [5.74, 6) is 0.788. The fraction of sp³-hybridized carbons (Fsp3) is 0.467. The molecule has 2 nitrogen and oxygen atoms in total. The van der Waals surface area contributed by atoms with E-state index in [4.69, 9.17) is 0 Å². The molecule has 102 valence electrons. The summed E-state index contributed by atoms with van der Waals surface area (Å²) in [6.45, 7) is 5.32. The summed E-state index contributed by atoms with van der Waals surface area (Å²) in [6, 6.07) is 7.57. The van der Waals surface area contributed by atoms with Crippen LogP contribution >= 0.6 is 12.4 Å². The number of benzene rings is 1. The minimum absolute atomic E-state index is 0. The maximum Gasteiger partial charge on any atom is 0.123 e. The van der Waals surface area contributed by atoms with Crippen LogP contribution in [0.5, 0.6) is 5.75 Å². The summed E-state index contributed by atoms with van der Waals surface area (Å²) >= 11 is 0. The molecule has 0 fully saturated rings. The number of hydrogen-bond acceptors (Lipinski definition) is 2. The van der Waals surface area contributed by atoms with Gasteiger partial charge in [-0.1, -0.05) is 38.1 Å². The second-order valence-corrected chi connectivity index (χ2v) is 4.75. The van der Waals surface area contributed by atoms with E-state index in [0.717, 1.165) is 18.5 Å². The lowest BCUT2D eigenvalue weighted by atomic mass is 9.92. The SMILES string of the molecule is CCC=C(c1ccccc1O)C(C)CN(C)C.Cl. The Morgan fingerprint density at radius 1 is 1.33 bits per heavy atom. The molecule has 0 aromatic heterocycles. The first-order chi connectivity index (χ1) is 8.06. The number of hydrogen-bond donors (Lipinski definition) is 1. The van der Waals surface area contributed by atoms with Crippen LogP contribution < -0.4 is 0 Å². The first-order valence-corrected chi connectivity index (χ1v) is 6.19. The average Bonchev–Trinajstić information content (AvgIpc) is 2.26. The Morgan fingerprint density at radius 2 is 1.94 bits per heavy atom. The number of rotatable bonds is 5. The first kappa shape index (κ1) is 17.0. The van der Waals surface area contributed by atoms with Crippen molar-refractivity contribution in [2.24, 2.45) is 5.92 Å². The van der Waals surface area contributed by atoms with Gasteiger partial charge in [0.25, 0.3) is 0 Å². The molecule has 0 aliphatic carbocycles. The third kappa shape index (κ3) is 4.71. The lowest BCUT2D eigenvalue weighted by Crippen LogP contribution is -2.20. The number of allylic oxidation sites excluding steroid dienone is 1. The third-order valence-corrected chi connectivity index (χ3v) is 2.81. The van der Waals surface area contributed by atoms with Crippen molar-refractivity contribution in [2.45, 2.75) is 20.3 Å². The van der Waals surface area contributed by atoms with Gasteiger partial charge in [0.05, 0.1) is 0 Å². The summed E-state index contributed by atoms with van der Waals surface area (Å²) in [7, 11) is 4.15. The van der Waals surface area contributed by atoms with Crippen molar-refractivity contribution >= 4 is 18.0 Å². The van der Waals surface area contributed by atoms with Gasteiger partial charge in [-0.3, -0.25) is 0 Å². The zero-order valence-electron chi connectivity index (χ0n) is 11.7. The van der Waals surface area contributed by atoms with Crippen molar-refractivity contribution in [3.8, 4) is 5.75 Å². The van der Waals surface area contributed by atoms with E-state index < -0.39 is 0 Å². The van der Waals surface area contributed by atoms with Gasteiger partial charge in [0.1, 0.15) is 5.75 Å². The van der Waals surface area contributed by atoms with Crippen LogP contribution in [0.1, 0.15) is 25.8 Å². The molecule has 0 aliphatic heterocycles. The van der Waals surface area contributed by atoms with E-state index in [2.05, 4.69) is 38.9 Å². The van der Waals surface area contributed by atoms with E-state index in [-0.39, 0.29) is 12.4 Å². The Morgan fingerprint density at radius 3 is 2.44 bits per heavy atom. The number of halogens is 1. The molecular formula is C15H24ClNO. The highest BCUT2D eigenvalue weighted by atomic mass is 35.5. The average molecular weight is 270 g/mol. The normalized spacial score (nSPS) is 13.3. The van der Waals surface area contributed by atoms with Gasteiger partial charge in [0, 0.05) is 12.1 Å². The van der Waals surface area contributed by atoms with E-state index in [1.807, 2.05) is 18.2 Å². The van der Waals surface area contributed by atoms with Gasteiger partial charge in [0.15, 0.2) is 0 Å². The zero-order valence-corrected chi connectivity index (χ0v) is 12.5. The van der Waals surface area contributed by atoms with Crippen LogP contribution in [0.4, 0.5) is 0 Å². The molecule has 18 heavy (non-hydrogen) atoms. The van der Waals surface area contributed by atoms with E-state index in [0.29, 0.717) is 11.7 Å². The second kappa shape index (κ2) is 8.17. The van der Waals surface area contributed by atoms with Crippen LogP contribution in [0.25, 0.3) is 5.57 Å². The highest BCUT2D eigenvalue weighted by Crippen LogP contribution is 2.30. The van der Waals surface area contributed by atoms with E-state index in [1.165, 1.54) is 5.57 Å². The van der Waals surface area contributed by atoms with Gasteiger partial charge >= 0.3 is 0 Å². The molecule has 1 rings (SSSR count). The smallest absolute Gasteiger partial charge is 0.123 e. The van der Waals surface area contributed by atoms with Crippen molar-refractivity contribution < 1.29 is 5.11 Å². The van der Waals surface area contributed by atoms with Crippen molar-refractivity contribution in [1.29, 1.82) is 0 Å². The van der Waals surface area contributed by atoms with Gasteiger partial charge in [-0.05, 0) is 38.1 Å². The molecule has 0 heterocycles. The van der Waals surface area contributed by atoms with Crippen molar-refractivity contribution in [3.05, 3.63) is 35.9 Å².